The summed E-state index contributed by atoms with van der Waals surface area (Å²) < 4.78 is 16.3. The molecule has 0 saturated heterocycles. The number of nitrogens with one attached hydrogen (secondary N) is 2. The molecule has 2 aromatic carbocycles. The molecule has 0 fully saturated rings. The molecule has 0 heterocycles. The van der Waals surface area contributed by atoms with Crippen LogP contribution >= 0.6 is 0 Å². The van der Waals surface area contributed by atoms with Gasteiger partial charge in [0.05, 0.1) is 13.7 Å². The number of aliphatic hydroxyl groups is 1. The van der Waals surface area contributed by atoms with Gasteiger partial charge in [0.1, 0.15) is 24.2 Å². The Hall–Kier alpha value is -3.82. The molecule has 2 atom stereocenters. The standard InChI is InChI=1S/C25H30N2O7/c1-17(16-23(29)27-31)4-5-18(2)24(19-6-10-22(11-7-19)33-15-14-28)34-25(30)26-20-8-12-21(32-3)13-9-20/h4-13,16,18,24,28,31H,14-15H2,1-3H3,(H,26,30)(H,27,29)/b5-4+,17-16+/t18-,24-/m0/s1. The van der Waals surface area contributed by atoms with Crippen LogP contribution in [0.25, 0.3) is 0 Å². The van der Waals surface area contributed by atoms with Crippen molar-refractivity contribution in [3.8, 4) is 11.5 Å². The second kappa shape index (κ2) is 13.7. The second-order valence-corrected chi connectivity index (χ2v) is 7.40. The number of methoxy groups -OCH3 is 1. The van der Waals surface area contributed by atoms with Crippen molar-refractivity contribution in [2.24, 2.45) is 5.92 Å². The summed E-state index contributed by atoms with van der Waals surface area (Å²) in [6.07, 6.45) is 3.46. The van der Waals surface area contributed by atoms with Crippen molar-refractivity contribution in [2.45, 2.75) is 20.0 Å². The zero-order chi connectivity index (χ0) is 24.9. The summed E-state index contributed by atoms with van der Waals surface area (Å²) in [4.78, 5) is 24.0. The van der Waals surface area contributed by atoms with E-state index in [0.29, 0.717) is 22.8 Å². The normalized spacial score (nSPS) is 13.1. The maximum Gasteiger partial charge on any atom is 0.412 e. The van der Waals surface area contributed by atoms with Gasteiger partial charge in [-0.1, -0.05) is 31.2 Å². The number of hydroxylamine groups is 1. The Labute approximate surface area is 198 Å². The van der Waals surface area contributed by atoms with E-state index in [9.17, 15) is 9.59 Å². The SMILES string of the molecule is COc1ccc(NC(=O)O[C@H](c2ccc(OCCO)cc2)[C@@H](C)/C=C/C(C)=C/C(=O)NO)cc1. The highest BCUT2D eigenvalue weighted by atomic mass is 16.6. The first kappa shape index (κ1) is 26.4. The van der Waals surface area contributed by atoms with Gasteiger partial charge in [-0.25, -0.2) is 10.3 Å². The van der Waals surface area contributed by atoms with E-state index in [1.807, 2.05) is 6.92 Å². The number of amides is 2. The molecule has 182 valence electrons. The topological polar surface area (TPSA) is 126 Å². The Morgan fingerprint density at radius 3 is 2.29 bits per heavy atom. The third-order valence-electron chi connectivity index (χ3n) is 4.75. The van der Waals surface area contributed by atoms with E-state index in [-0.39, 0.29) is 19.1 Å². The van der Waals surface area contributed by atoms with Gasteiger partial charge >= 0.3 is 6.09 Å². The molecular weight excluding hydrogens is 440 g/mol. The van der Waals surface area contributed by atoms with Gasteiger partial charge in [0, 0.05) is 17.7 Å². The Kier molecular flexibility index (Phi) is 10.6. The minimum Gasteiger partial charge on any atom is -0.497 e. The van der Waals surface area contributed by atoms with Crippen molar-refractivity contribution >= 4 is 17.7 Å². The Morgan fingerprint density at radius 2 is 1.71 bits per heavy atom. The molecular formula is C25H30N2O7. The van der Waals surface area contributed by atoms with E-state index < -0.39 is 18.1 Å². The largest absolute Gasteiger partial charge is 0.497 e. The smallest absolute Gasteiger partial charge is 0.412 e. The number of carbonyl (C=O) groups excluding carboxylic acids is 2. The summed E-state index contributed by atoms with van der Waals surface area (Å²) in [5.74, 6) is 0.333. The number of rotatable bonds is 11. The molecule has 0 aliphatic heterocycles. The van der Waals surface area contributed by atoms with Crippen LogP contribution in [0.5, 0.6) is 11.5 Å². The monoisotopic (exact) mass is 470 g/mol. The van der Waals surface area contributed by atoms with E-state index in [0.717, 1.165) is 5.56 Å². The summed E-state index contributed by atoms with van der Waals surface area (Å²) >= 11 is 0. The molecule has 34 heavy (non-hydrogen) atoms. The first-order chi connectivity index (χ1) is 16.4. The molecule has 0 saturated carbocycles. The number of hydrogen-bond acceptors (Lipinski definition) is 7. The lowest BCUT2D eigenvalue weighted by Gasteiger charge is -2.23. The lowest BCUT2D eigenvalue weighted by molar-refractivity contribution is -0.124. The van der Waals surface area contributed by atoms with E-state index >= 15 is 0 Å². The fourth-order valence-electron chi connectivity index (χ4n) is 3.02. The Bertz CT molecular complexity index is 985. The number of allylic oxidation sites excluding steroid dienone is 2. The first-order valence-electron chi connectivity index (χ1n) is 10.6. The lowest BCUT2D eigenvalue weighted by atomic mass is 9.96. The maximum absolute atomic E-state index is 12.7. The lowest BCUT2D eigenvalue weighted by Crippen LogP contribution is -2.21. The van der Waals surface area contributed by atoms with Gasteiger partial charge in [0.15, 0.2) is 0 Å². The van der Waals surface area contributed by atoms with Crippen LogP contribution in [-0.2, 0) is 9.53 Å². The quantitative estimate of drug-likeness (QED) is 0.169. The highest BCUT2D eigenvalue weighted by molar-refractivity contribution is 5.87. The third-order valence-corrected chi connectivity index (χ3v) is 4.75. The molecule has 0 aliphatic rings. The summed E-state index contributed by atoms with van der Waals surface area (Å²) in [6, 6.07) is 13.9. The molecule has 0 radical (unpaired) electrons. The van der Waals surface area contributed by atoms with Crippen LogP contribution in [0.3, 0.4) is 0 Å². The van der Waals surface area contributed by atoms with Gasteiger partial charge in [-0.15, -0.1) is 0 Å². The fourth-order valence-corrected chi connectivity index (χ4v) is 3.02. The molecule has 2 aromatic rings. The first-order valence-corrected chi connectivity index (χ1v) is 10.6. The molecule has 0 spiro atoms. The van der Waals surface area contributed by atoms with E-state index in [2.05, 4.69) is 5.32 Å². The molecule has 0 bridgehead atoms. The van der Waals surface area contributed by atoms with Gasteiger partial charge in [-0.05, 0) is 54.5 Å². The van der Waals surface area contributed by atoms with E-state index in [1.165, 1.54) is 6.08 Å². The average molecular weight is 471 g/mol. The van der Waals surface area contributed by atoms with E-state index in [1.54, 1.807) is 80.2 Å². The fraction of sp³-hybridized carbons (Fsp3) is 0.280. The predicted octanol–water partition coefficient (Wildman–Crippen LogP) is 4.00. The maximum atomic E-state index is 12.7. The molecule has 0 unspecified atom stereocenters. The Balaban J connectivity index is 2.20. The van der Waals surface area contributed by atoms with Crippen molar-refractivity contribution in [1.82, 2.24) is 5.48 Å². The zero-order valence-corrected chi connectivity index (χ0v) is 19.4. The van der Waals surface area contributed by atoms with Crippen LogP contribution in [0, 0.1) is 5.92 Å². The van der Waals surface area contributed by atoms with Crippen molar-refractivity contribution in [1.29, 1.82) is 0 Å². The van der Waals surface area contributed by atoms with Crippen LogP contribution in [0.4, 0.5) is 10.5 Å². The second-order valence-electron chi connectivity index (χ2n) is 7.40. The third kappa shape index (κ3) is 8.61. The number of anilines is 1. The van der Waals surface area contributed by atoms with Crippen molar-refractivity contribution in [3.63, 3.8) is 0 Å². The molecule has 9 heteroatoms. The van der Waals surface area contributed by atoms with Gasteiger partial charge in [0.25, 0.3) is 5.91 Å². The molecule has 0 aliphatic carbocycles. The summed E-state index contributed by atoms with van der Waals surface area (Å²) in [7, 11) is 1.56. The summed E-state index contributed by atoms with van der Waals surface area (Å²) in [6.45, 7) is 3.66. The molecule has 2 amide bonds. The van der Waals surface area contributed by atoms with Crippen LogP contribution in [0.15, 0.2) is 72.3 Å². The van der Waals surface area contributed by atoms with Crippen LogP contribution in [0.1, 0.15) is 25.5 Å². The van der Waals surface area contributed by atoms with Crippen LogP contribution in [-0.4, -0.2) is 42.6 Å². The highest BCUT2D eigenvalue weighted by Crippen LogP contribution is 2.30. The van der Waals surface area contributed by atoms with Crippen molar-refractivity contribution in [3.05, 3.63) is 77.9 Å². The molecule has 4 N–H and O–H groups in total. The minimum absolute atomic E-state index is 0.0952. The number of aliphatic hydroxyl groups excluding tert-OH is 1. The van der Waals surface area contributed by atoms with Gasteiger partial charge in [0.2, 0.25) is 0 Å². The van der Waals surface area contributed by atoms with Gasteiger partial charge in [-0.3, -0.25) is 15.3 Å². The predicted molar refractivity (Wildman–Crippen MR) is 127 cm³/mol. The number of hydrogen-bond donors (Lipinski definition) is 4. The minimum atomic E-state index is -0.652. The zero-order valence-electron chi connectivity index (χ0n) is 19.4. The molecule has 9 nitrogen and oxygen atoms in total. The van der Waals surface area contributed by atoms with E-state index in [4.69, 9.17) is 24.5 Å². The number of benzene rings is 2. The average Bonchev–Trinajstić information content (AvgIpc) is 2.85. The number of carbonyl (C=O) groups is 2. The van der Waals surface area contributed by atoms with Crippen LogP contribution in [0.2, 0.25) is 0 Å². The highest BCUT2D eigenvalue weighted by Gasteiger charge is 2.22. The molecule has 2 rings (SSSR count). The van der Waals surface area contributed by atoms with Gasteiger partial charge < -0.3 is 19.3 Å². The Morgan fingerprint density at radius 1 is 1.06 bits per heavy atom. The van der Waals surface area contributed by atoms with Crippen molar-refractivity contribution < 1.29 is 34.1 Å². The number of ether oxygens (including phenoxy) is 3. The van der Waals surface area contributed by atoms with Gasteiger partial charge in [-0.2, -0.15) is 0 Å². The molecule has 0 aromatic heterocycles. The van der Waals surface area contributed by atoms with Crippen LogP contribution < -0.4 is 20.3 Å². The van der Waals surface area contributed by atoms with Crippen molar-refractivity contribution in [2.75, 3.05) is 25.6 Å². The summed E-state index contributed by atoms with van der Waals surface area (Å²) in [5.41, 5.74) is 3.43. The summed E-state index contributed by atoms with van der Waals surface area (Å²) in [5, 5.41) is 20.3.